The van der Waals surface area contributed by atoms with Crippen molar-refractivity contribution in [3.63, 3.8) is 0 Å². The first kappa shape index (κ1) is 13.2. The molecule has 1 aliphatic heterocycles. The van der Waals surface area contributed by atoms with Gasteiger partial charge in [0.05, 0.1) is 16.8 Å². The highest BCUT2D eigenvalue weighted by atomic mass is 32.2. The number of hydrogen-bond acceptors (Lipinski definition) is 6. The Morgan fingerprint density at radius 3 is 2.89 bits per heavy atom. The Balaban J connectivity index is 2.38. The summed E-state index contributed by atoms with van der Waals surface area (Å²) in [4.78, 5) is 23.2. The summed E-state index contributed by atoms with van der Waals surface area (Å²) in [5.74, 6) is 0. The van der Waals surface area contributed by atoms with Crippen LogP contribution in [0.3, 0.4) is 0 Å². The number of anilines is 1. The fourth-order valence-corrected chi connectivity index (χ4v) is 2.64. The third-order valence-corrected chi connectivity index (χ3v) is 3.40. The summed E-state index contributed by atoms with van der Waals surface area (Å²) in [6.07, 6.45) is 0.149. The van der Waals surface area contributed by atoms with Crippen LogP contribution in [0.15, 0.2) is 34.4 Å². The van der Waals surface area contributed by atoms with Crippen LogP contribution < -0.4 is 4.90 Å². The minimum Gasteiger partial charge on any atom is -0.449 e. The molecule has 2 rings (SSSR count). The summed E-state index contributed by atoms with van der Waals surface area (Å²) in [5.41, 5.74) is 0.745. The summed E-state index contributed by atoms with van der Waals surface area (Å²) < 4.78 is 4.61. The van der Waals surface area contributed by atoms with Gasteiger partial charge in [0.2, 0.25) is 0 Å². The number of rotatable bonds is 3. The topological polar surface area (TPSA) is 92.9 Å². The van der Waals surface area contributed by atoms with E-state index in [1.807, 2.05) is 6.92 Å². The Kier molecular flexibility index (Phi) is 3.61. The maximum Gasteiger partial charge on any atom is 0.511 e. The highest BCUT2D eigenvalue weighted by molar-refractivity contribution is 8.03. The van der Waals surface area contributed by atoms with Crippen molar-refractivity contribution < 1.29 is 19.6 Å². The number of ether oxygens (including phenoxy) is 1. The van der Waals surface area contributed by atoms with Crippen LogP contribution in [0.4, 0.5) is 16.2 Å². The Hall–Kier alpha value is -2.22. The lowest BCUT2D eigenvalue weighted by atomic mass is 10.2. The maximum atomic E-state index is 10.7. The zero-order chi connectivity index (χ0) is 14.0. The van der Waals surface area contributed by atoms with Crippen molar-refractivity contribution in [1.29, 1.82) is 0 Å². The van der Waals surface area contributed by atoms with E-state index in [0.717, 1.165) is 17.4 Å². The van der Waals surface area contributed by atoms with Crippen LogP contribution >= 0.6 is 11.8 Å². The first-order valence-corrected chi connectivity index (χ1v) is 6.18. The number of nitro benzene ring substituents is 1. The average Bonchev–Trinajstić information content (AvgIpc) is 2.36. The largest absolute Gasteiger partial charge is 0.511 e. The molecule has 0 atom stereocenters. The number of benzene rings is 1. The molecule has 0 unspecified atom stereocenters. The molecule has 1 aromatic carbocycles. The molecule has 1 N–H and O–H groups in total. The quantitative estimate of drug-likeness (QED) is 0.517. The predicted octanol–water partition coefficient (Wildman–Crippen LogP) is 3.02. The third-order valence-electron chi connectivity index (χ3n) is 2.46. The lowest BCUT2D eigenvalue weighted by Gasteiger charge is -2.26. The standard InChI is InChI=1S/C11H10N2O5S/c1-2-12-6-10(18-11(14)15)19-9-5-7(13(16)17)3-4-8(9)12/h3-6H,2H2,1H3,(H,14,15). The summed E-state index contributed by atoms with van der Waals surface area (Å²) >= 11 is 1.05. The van der Waals surface area contributed by atoms with Crippen LogP contribution in [0.5, 0.6) is 0 Å². The minimum absolute atomic E-state index is 0.0427. The van der Waals surface area contributed by atoms with Gasteiger partial charge in [-0.15, -0.1) is 0 Å². The molecule has 0 spiro atoms. The van der Waals surface area contributed by atoms with Crippen molar-refractivity contribution in [2.75, 3.05) is 11.4 Å². The molecule has 19 heavy (non-hydrogen) atoms. The van der Waals surface area contributed by atoms with Gasteiger partial charge in [0.15, 0.2) is 5.09 Å². The lowest BCUT2D eigenvalue weighted by molar-refractivity contribution is -0.385. The van der Waals surface area contributed by atoms with E-state index in [0.29, 0.717) is 11.4 Å². The van der Waals surface area contributed by atoms with Crippen molar-refractivity contribution in [3.05, 3.63) is 39.6 Å². The van der Waals surface area contributed by atoms with Crippen molar-refractivity contribution in [1.82, 2.24) is 0 Å². The van der Waals surface area contributed by atoms with Gasteiger partial charge in [-0.2, -0.15) is 0 Å². The zero-order valence-corrected chi connectivity index (χ0v) is 10.7. The molecule has 1 heterocycles. The van der Waals surface area contributed by atoms with E-state index in [-0.39, 0.29) is 10.8 Å². The fraction of sp³-hybridized carbons (Fsp3) is 0.182. The summed E-state index contributed by atoms with van der Waals surface area (Å²) in [6, 6.07) is 4.46. The fourth-order valence-electron chi connectivity index (χ4n) is 1.66. The van der Waals surface area contributed by atoms with E-state index in [9.17, 15) is 14.9 Å². The molecule has 0 fully saturated rings. The number of fused-ring (bicyclic) bond motifs is 1. The Morgan fingerprint density at radius 2 is 2.32 bits per heavy atom. The Morgan fingerprint density at radius 1 is 1.58 bits per heavy atom. The number of non-ortho nitro benzene ring substituents is 1. The normalized spacial score (nSPS) is 13.5. The van der Waals surface area contributed by atoms with E-state index in [1.165, 1.54) is 12.1 Å². The molecule has 1 aliphatic rings. The average molecular weight is 282 g/mol. The molecular weight excluding hydrogens is 272 g/mol. The number of nitrogens with zero attached hydrogens (tertiary/aromatic N) is 2. The highest BCUT2D eigenvalue weighted by Gasteiger charge is 2.22. The molecular formula is C11H10N2O5S. The molecule has 0 radical (unpaired) electrons. The molecule has 0 aliphatic carbocycles. The van der Waals surface area contributed by atoms with Crippen LogP contribution in [-0.2, 0) is 4.74 Å². The van der Waals surface area contributed by atoms with E-state index in [2.05, 4.69) is 4.74 Å². The molecule has 8 heteroatoms. The van der Waals surface area contributed by atoms with Gasteiger partial charge in [0.1, 0.15) is 0 Å². The van der Waals surface area contributed by atoms with Gasteiger partial charge >= 0.3 is 6.16 Å². The molecule has 1 aromatic rings. The molecule has 0 saturated carbocycles. The van der Waals surface area contributed by atoms with Crippen LogP contribution in [0.2, 0.25) is 0 Å². The van der Waals surface area contributed by atoms with Crippen LogP contribution in [0.1, 0.15) is 6.92 Å². The number of hydrogen-bond donors (Lipinski definition) is 1. The SMILES string of the molecule is CCN1C=C(OC(=O)O)Sc2cc([N+](=O)[O-])ccc21. The van der Waals surface area contributed by atoms with Gasteiger partial charge in [-0.05, 0) is 24.8 Å². The number of carboxylic acid groups (broad SMARTS) is 1. The molecule has 100 valence electrons. The third kappa shape index (κ3) is 2.79. The smallest absolute Gasteiger partial charge is 0.449 e. The minimum atomic E-state index is -1.41. The predicted molar refractivity (Wildman–Crippen MR) is 69.2 cm³/mol. The van der Waals surface area contributed by atoms with Gasteiger partial charge < -0.3 is 14.7 Å². The van der Waals surface area contributed by atoms with E-state index >= 15 is 0 Å². The van der Waals surface area contributed by atoms with Gasteiger partial charge in [-0.1, -0.05) is 0 Å². The van der Waals surface area contributed by atoms with E-state index < -0.39 is 11.1 Å². The molecule has 0 bridgehead atoms. The molecule has 0 amide bonds. The van der Waals surface area contributed by atoms with Crippen molar-refractivity contribution in [2.24, 2.45) is 0 Å². The second-order valence-corrected chi connectivity index (χ2v) is 4.66. The van der Waals surface area contributed by atoms with Crippen molar-refractivity contribution in [3.8, 4) is 0 Å². The van der Waals surface area contributed by atoms with Crippen LogP contribution in [-0.4, -0.2) is 22.7 Å². The Labute approximate surface area is 112 Å². The second-order valence-electron chi connectivity index (χ2n) is 3.61. The summed E-state index contributed by atoms with van der Waals surface area (Å²) in [6.45, 7) is 2.48. The maximum absolute atomic E-state index is 10.7. The van der Waals surface area contributed by atoms with Gasteiger partial charge in [-0.25, -0.2) is 4.79 Å². The molecule has 0 saturated heterocycles. The van der Waals surface area contributed by atoms with Crippen molar-refractivity contribution >= 4 is 29.3 Å². The zero-order valence-electron chi connectivity index (χ0n) is 9.90. The monoisotopic (exact) mass is 282 g/mol. The number of thioether (sulfide) groups is 1. The van der Waals surface area contributed by atoms with Gasteiger partial charge in [-0.3, -0.25) is 10.1 Å². The summed E-state index contributed by atoms with van der Waals surface area (Å²) in [7, 11) is 0. The van der Waals surface area contributed by atoms with Crippen LogP contribution in [0.25, 0.3) is 0 Å². The number of carbonyl (C=O) groups is 1. The second kappa shape index (κ2) is 5.19. The van der Waals surface area contributed by atoms with Gasteiger partial charge in [0.25, 0.3) is 5.69 Å². The summed E-state index contributed by atoms with van der Waals surface area (Å²) in [5, 5.41) is 19.5. The number of nitro groups is 1. The van der Waals surface area contributed by atoms with Crippen molar-refractivity contribution in [2.45, 2.75) is 11.8 Å². The molecule has 7 nitrogen and oxygen atoms in total. The van der Waals surface area contributed by atoms with Crippen LogP contribution in [0, 0.1) is 10.1 Å². The first-order chi connectivity index (χ1) is 9.01. The first-order valence-electron chi connectivity index (χ1n) is 5.36. The Bertz CT molecular complexity index is 572. The lowest BCUT2D eigenvalue weighted by Crippen LogP contribution is -2.20. The van der Waals surface area contributed by atoms with Gasteiger partial charge in [0, 0.05) is 23.6 Å². The van der Waals surface area contributed by atoms with E-state index in [1.54, 1.807) is 17.2 Å². The highest BCUT2D eigenvalue weighted by Crippen LogP contribution is 2.42. The van der Waals surface area contributed by atoms with E-state index in [4.69, 9.17) is 5.11 Å². The molecule has 0 aromatic heterocycles.